The van der Waals surface area contributed by atoms with Crippen molar-refractivity contribution in [2.45, 2.75) is 5.33 Å². The molecule has 0 aromatic heterocycles. The van der Waals surface area contributed by atoms with Crippen molar-refractivity contribution in [3.05, 3.63) is 32.4 Å². The summed E-state index contributed by atoms with van der Waals surface area (Å²) in [5, 5.41) is 1.66. The zero-order chi connectivity index (χ0) is 7.56. The Morgan fingerprint density at radius 3 is 2.60 bits per heavy atom. The van der Waals surface area contributed by atoms with E-state index < -0.39 is 0 Å². The number of alkyl halides is 1. The van der Waals surface area contributed by atoms with Crippen LogP contribution in [0.1, 0.15) is 5.56 Å². The van der Waals surface area contributed by atoms with Crippen LogP contribution < -0.4 is 0 Å². The maximum absolute atomic E-state index is 5.89. The predicted molar refractivity (Wildman–Crippen MR) is 56.8 cm³/mol. The van der Waals surface area contributed by atoms with Gasteiger partial charge < -0.3 is 0 Å². The molecule has 0 saturated carbocycles. The second-order valence-electron chi connectivity index (χ2n) is 1.83. The van der Waals surface area contributed by atoms with Crippen LogP contribution in [0.3, 0.4) is 0 Å². The summed E-state index contributed by atoms with van der Waals surface area (Å²) in [4.78, 5) is 0. The highest BCUT2D eigenvalue weighted by atomic mass is 127. The highest BCUT2D eigenvalue weighted by Gasteiger charge is 2.00. The van der Waals surface area contributed by atoms with Gasteiger partial charge in [0.15, 0.2) is 0 Å². The zero-order valence-electron chi connectivity index (χ0n) is 5.07. The third-order valence-corrected chi connectivity index (χ3v) is 3.12. The van der Waals surface area contributed by atoms with Crippen LogP contribution in [0.15, 0.2) is 18.2 Å². The van der Waals surface area contributed by atoms with E-state index in [4.69, 9.17) is 11.6 Å². The Morgan fingerprint density at radius 1 is 1.50 bits per heavy atom. The minimum atomic E-state index is 0.824. The Labute approximate surface area is 87.2 Å². The molecular formula is C7H5BrClI. The third-order valence-electron chi connectivity index (χ3n) is 1.20. The summed E-state index contributed by atoms with van der Waals surface area (Å²) in [5.74, 6) is 0. The van der Waals surface area contributed by atoms with Crippen molar-refractivity contribution < 1.29 is 0 Å². The van der Waals surface area contributed by atoms with Crippen LogP contribution >= 0.6 is 50.1 Å². The third kappa shape index (κ3) is 1.86. The summed E-state index contributed by atoms with van der Waals surface area (Å²) in [7, 11) is 0. The van der Waals surface area contributed by atoms with E-state index in [1.807, 2.05) is 18.2 Å². The van der Waals surface area contributed by atoms with E-state index >= 15 is 0 Å². The molecule has 0 saturated heterocycles. The monoisotopic (exact) mass is 330 g/mol. The topological polar surface area (TPSA) is 0 Å². The first kappa shape index (κ1) is 8.81. The molecule has 0 radical (unpaired) electrons. The maximum atomic E-state index is 5.89. The van der Waals surface area contributed by atoms with Crippen LogP contribution in [0.25, 0.3) is 0 Å². The summed E-state index contributed by atoms with van der Waals surface area (Å²) < 4.78 is 1.21. The van der Waals surface area contributed by atoms with Gasteiger partial charge in [0.05, 0.1) is 0 Å². The summed E-state index contributed by atoms with van der Waals surface area (Å²) >= 11 is 11.5. The number of benzene rings is 1. The van der Waals surface area contributed by atoms with Gasteiger partial charge in [0, 0.05) is 13.9 Å². The Balaban J connectivity index is 3.17. The Morgan fingerprint density at radius 2 is 2.20 bits per heavy atom. The van der Waals surface area contributed by atoms with Gasteiger partial charge in [-0.05, 0) is 40.3 Å². The van der Waals surface area contributed by atoms with E-state index in [-0.39, 0.29) is 0 Å². The summed E-state index contributed by atoms with van der Waals surface area (Å²) in [6.45, 7) is 0. The Bertz CT molecular complexity index is 217. The molecule has 10 heavy (non-hydrogen) atoms. The largest absolute Gasteiger partial charge is 0.0875 e. The molecule has 54 valence electrons. The molecule has 1 rings (SSSR count). The molecule has 1 aromatic rings. The van der Waals surface area contributed by atoms with Crippen LogP contribution in [0.4, 0.5) is 0 Å². The van der Waals surface area contributed by atoms with E-state index in [1.165, 1.54) is 9.13 Å². The lowest BCUT2D eigenvalue weighted by atomic mass is 10.2. The van der Waals surface area contributed by atoms with Gasteiger partial charge in [0.1, 0.15) is 0 Å². The van der Waals surface area contributed by atoms with E-state index in [9.17, 15) is 0 Å². The van der Waals surface area contributed by atoms with Crippen molar-refractivity contribution in [1.29, 1.82) is 0 Å². The first-order valence-electron chi connectivity index (χ1n) is 2.74. The standard InChI is InChI=1S/C7H5BrClI/c8-4-5-6(9)2-1-3-7(5)10/h1-3H,4H2. The fourth-order valence-electron chi connectivity index (χ4n) is 0.660. The van der Waals surface area contributed by atoms with Crippen LogP contribution in [0, 0.1) is 3.57 Å². The average molecular weight is 331 g/mol. The molecule has 0 atom stereocenters. The van der Waals surface area contributed by atoms with E-state index in [1.54, 1.807) is 0 Å². The van der Waals surface area contributed by atoms with Gasteiger partial charge in [0.2, 0.25) is 0 Å². The number of rotatable bonds is 1. The number of halogens is 3. The average Bonchev–Trinajstić information content (AvgIpc) is 1.88. The van der Waals surface area contributed by atoms with Crippen molar-refractivity contribution >= 4 is 50.1 Å². The van der Waals surface area contributed by atoms with Crippen molar-refractivity contribution in [3.63, 3.8) is 0 Å². The van der Waals surface area contributed by atoms with Gasteiger partial charge in [0.25, 0.3) is 0 Å². The molecular weight excluding hydrogens is 326 g/mol. The molecule has 0 aliphatic carbocycles. The lowest BCUT2D eigenvalue weighted by Gasteiger charge is -2.00. The smallest absolute Gasteiger partial charge is 0.0457 e. The van der Waals surface area contributed by atoms with Gasteiger partial charge in [-0.15, -0.1) is 0 Å². The molecule has 0 fully saturated rings. The molecule has 0 aliphatic heterocycles. The molecule has 0 bridgehead atoms. The van der Waals surface area contributed by atoms with Crippen LogP contribution in [-0.2, 0) is 5.33 Å². The fraction of sp³-hybridized carbons (Fsp3) is 0.143. The van der Waals surface area contributed by atoms with Gasteiger partial charge >= 0.3 is 0 Å². The van der Waals surface area contributed by atoms with Gasteiger partial charge in [-0.1, -0.05) is 33.6 Å². The summed E-state index contributed by atoms with van der Waals surface area (Å²) in [6, 6.07) is 5.90. The summed E-state index contributed by atoms with van der Waals surface area (Å²) in [5.41, 5.74) is 1.17. The summed E-state index contributed by atoms with van der Waals surface area (Å²) in [6.07, 6.45) is 0. The zero-order valence-corrected chi connectivity index (χ0v) is 9.57. The molecule has 0 N–H and O–H groups in total. The molecule has 0 nitrogen and oxygen atoms in total. The first-order chi connectivity index (χ1) is 4.75. The highest BCUT2D eigenvalue weighted by molar-refractivity contribution is 14.1. The quantitative estimate of drug-likeness (QED) is 0.542. The molecule has 0 spiro atoms. The molecule has 0 aliphatic rings. The van der Waals surface area contributed by atoms with Crippen molar-refractivity contribution in [3.8, 4) is 0 Å². The predicted octanol–water partition coefficient (Wildman–Crippen LogP) is 3.84. The minimum absolute atomic E-state index is 0.824. The lowest BCUT2D eigenvalue weighted by Crippen LogP contribution is -1.83. The van der Waals surface area contributed by atoms with Crippen LogP contribution in [-0.4, -0.2) is 0 Å². The molecule has 0 amide bonds. The van der Waals surface area contributed by atoms with Crippen molar-refractivity contribution in [2.75, 3.05) is 0 Å². The minimum Gasteiger partial charge on any atom is -0.0875 e. The second kappa shape index (κ2) is 3.93. The number of hydrogen-bond acceptors (Lipinski definition) is 0. The van der Waals surface area contributed by atoms with E-state index in [0.29, 0.717) is 0 Å². The lowest BCUT2D eigenvalue weighted by molar-refractivity contribution is 1.40. The maximum Gasteiger partial charge on any atom is 0.0457 e. The van der Waals surface area contributed by atoms with Gasteiger partial charge in [-0.2, -0.15) is 0 Å². The SMILES string of the molecule is Clc1cccc(I)c1CBr. The van der Waals surface area contributed by atoms with E-state index in [2.05, 4.69) is 38.5 Å². The Hall–Kier alpha value is 0.720. The molecule has 0 unspecified atom stereocenters. The molecule has 3 heteroatoms. The Kier molecular flexibility index (Phi) is 3.46. The number of hydrogen-bond donors (Lipinski definition) is 0. The van der Waals surface area contributed by atoms with Gasteiger partial charge in [-0.25, -0.2) is 0 Å². The van der Waals surface area contributed by atoms with E-state index in [0.717, 1.165) is 10.4 Å². The first-order valence-corrected chi connectivity index (χ1v) is 5.32. The van der Waals surface area contributed by atoms with Crippen LogP contribution in [0.5, 0.6) is 0 Å². The molecule has 1 aromatic carbocycles. The van der Waals surface area contributed by atoms with Crippen molar-refractivity contribution in [1.82, 2.24) is 0 Å². The second-order valence-corrected chi connectivity index (χ2v) is 3.96. The fourth-order valence-corrected chi connectivity index (χ4v) is 3.04. The van der Waals surface area contributed by atoms with Crippen LogP contribution in [0.2, 0.25) is 5.02 Å². The van der Waals surface area contributed by atoms with Crippen molar-refractivity contribution in [2.24, 2.45) is 0 Å². The highest BCUT2D eigenvalue weighted by Crippen LogP contribution is 2.23. The normalized spacial score (nSPS) is 9.90. The van der Waals surface area contributed by atoms with Gasteiger partial charge in [-0.3, -0.25) is 0 Å². The molecule has 0 heterocycles.